The number of hydrogen-bond donors (Lipinski definition) is 1. The van der Waals surface area contributed by atoms with Crippen molar-refractivity contribution in [1.82, 2.24) is 10.2 Å². The molecule has 2 amide bonds. The zero-order valence-corrected chi connectivity index (χ0v) is 22.4. The van der Waals surface area contributed by atoms with Gasteiger partial charge in [0.05, 0.1) is 11.9 Å². The van der Waals surface area contributed by atoms with Crippen LogP contribution in [0.25, 0.3) is 0 Å². The topological polar surface area (TPSA) is 86.8 Å². The minimum absolute atomic E-state index is 0.0590. The number of rotatable bonds is 10. The number of aryl methyl sites for hydroxylation is 1. The van der Waals surface area contributed by atoms with Gasteiger partial charge in [-0.25, -0.2) is 8.42 Å². The van der Waals surface area contributed by atoms with Gasteiger partial charge in [-0.3, -0.25) is 13.9 Å². The van der Waals surface area contributed by atoms with Gasteiger partial charge in [0, 0.05) is 36.6 Å². The first-order valence-electron chi connectivity index (χ1n) is 10.9. The molecular weight excluding hydrogens is 497 g/mol. The van der Waals surface area contributed by atoms with Crippen molar-refractivity contribution in [2.24, 2.45) is 0 Å². The highest BCUT2D eigenvalue weighted by Crippen LogP contribution is 2.26. The predicted molar refractivity (Wildman–Crippen MR) is 138 cm³/mol. The molecule has 10 heteroatoms. The molecule has 0 heterocycles. The number of hydrogen-bond acceptors (Lipinski definition) is 4. The minimum atomic E-state index is -3.55. The van der Waals surface area contributed by atoms with Crippen molar-refractivity contribution in [3.63, 3.8) is 0 Å². The van der Waals surface area contributed by atoms with E-state index < -0.39 is 16.1 Å². The van der Waals surface area contributed by atoms with E-state index in [1.54, 1.807) is 31.2 Å². The number of amides is 2. The lowest BCUT2D eigenvalue weighted by Crippen LogP contribution is -2.46. The number of benzene rings is 2. The number of anilines is 1. The van der Waals surface area contributed by atoms with E-state index in [1.165, 1.54) is 16.3 Å². The van der Waals surface area contributed by atoms with Crippen molar-refractivity contribution >= 4 is 50.7 Å². The fourth-order valence-electron chi connectivity index (χ4n) is 3.61. The smallest absolute Gasteiger partial charge is 0.242 e. The Morgan fingerprint density at radius 1 is 1.12 bits per heavy atom. The molecule has 0 spiro atoms. The first-order valence-corrected chi connectivity index (χ1v) is 13.5. The summed E-state index contributed by atoms with van der Waals surface area (Å²) in [6, 6.07) is 9.71. The Hall–Kier alpha value is -2.29. The third-order valence-corrected chi connectivity index (χ3v) is 7.53. The van der Waals surface area contributed by atoms with Gasteiger partial charge in [-0.2, -0.15) is 0 Å². The van der Waals surface area contributed by atoms with Crippen LogP contribution in [0.5, 0.6) is 0 Å². The molecule has 1 atom stereocenters. The van der Waals surface area contributed by atoms with E-state index in [9.17, 15) is 18.0 Å². The van der Waals surface area contributed by atoms with Crippen LogP contribution in [-0.4, -0.2) is 51.0 Å². The largest absolute Gasteiger partial charge is 0.357 e. The van der Waals surface area contributed by atoms with Crippen LogP contribution in [-0.2, 0) is 26.2 Å². The summed E-state index contributed by atoms with van der Waals surface area (Å²) < 4.78 is 26.3. The molecule has 1 N–H and O–H groups in total. The van der Waals surface area contributed by atoms with Crippen molar-refractivity contribution in [2.45, 2.75) is 46.2 Å². The molecule has 0 fully saturated rings. The molecule has 0 aromatic heterocycles. The third kappa shape index (κ3) is 7.10. The Morgan fingerprint density at radius 2 is 1.79 bits per heavy atom. The third-order valence-electron chi connectivity index (χ3n) is 5.77. The van der Waals surface area contributed by atoms with Gasteiger partial charge in [-0.05, 0) is 62.1 Å². The van der Waals surface area contributed by atoms with E-state index in [0.717, 1.165) is 17.4 Å². The van der Waals surface area contributed by atoms with Crippen LogP contribution in [0.2, 0.25) is 10.0 Å². The van der Waals surface area contributed by atoms with E-state index >= 15 is 0 Å². The number of halogens is 2. The number of likely N-dealkylation sites (N-methyl/N-ethyl adjacent to an activating group) is 1. The fraction of sp³-hybridized carbons (Fsp3) is 0.417. The summed E-state index contributed by atoms with van der Waals surface area (Å²) in [5.74, 6) is -0.594. The maximum absolute atomic E-state index is 13.2. The lowest BCUT2D eigenvalue weighted by atomic mass is 10.1. The first-order chi connectivity index (χ1) is 15.9. The second kappa shape index (κ2) is 11.9. The molecule has 2 aromatic carbocycles. The van der Waals surface area contributed by atoms with E-state index in [4.69, 9.17) is 23.2 Å². The Labute approximate surface area is 212 Å². The second-order valence-electron chi connectivity index (χ2n) is 8.21. The van der Waals surface area contributed by atoms with Crippen LogP contribution < -0.4 is 9.62 Å². The van der Waals surface area contributed by atoms with E-state index in [0.29, 0.717) is 21.3 Å². The SMILES string of the molecule is CNC(=O)C(C)N(Cc1ccc(Cl)cc1Cl)C(=O)CCCN(c1cccc(C)c1C)S(C)(=O)=O. The maximum Gasteiger partial charge on any atom is 0.242 e. The molecule has 0 saturated heterocycles. The molecule has 2 rings (SSSR count). The monoisotopic (exact) mass is 527 g/mol. The molecule has 1 unspecified atom stereocenters. The highest BCUT2D eigenvalue weighted by Gasteiger charge is 2.27. The summed E-state index contributed by atoms with van der Waals surface area (Å²) in [4.78, 5) is 26.9. The first kappa shape index (κ1) is 28.0. The quantitative estimate of drug-likeness (QED) is 0.498. The molecule has 0 aliphatic carbocycles. The number of carbonyl (C=O) groups is 2. The number of sulfonamides is 1. The fourth-order valence-corrected chi connectivity index (χ4v) is 5.10. The van der Waals surface area contributed by atoms with Crippen molar-refractivity contribution in [3.8, 4) is 0 Å². The average Bonchev–Trinajstić information content (AvgIpc) is 2.76. The van der Waals surface area contributed by atoms with E-state index in [-0.39, 0.29) is 37.7 Å². The van der Waals surface area contributed by atoms with Crippen LogP contribution in [0.1, 0.15) is 36.5 Å². The summed E-state index contributed by atoms with van der Waals surface area (Å²) >= 11 is 12.3. The van der Waals surface area contributed by atoms with Crippen LogP contribution in [0.3, 0.4) is 0 Å². The summed E-state index contributed by atoms with van der Waals surface area (Å²) in [5, 5.41) is 3.43. The van der Waals surface area contributed by atoms with Gasteiger partial charge in [0.2, 0.25) is 21.8 Å². The van der Waals surface area contributed by atoms with Crippen LogP contribution in [0.4, 0.5) is 5.69 Å². The average molecular weight is 529 g/mol. The second-order valence-corrected chi connectivity index (χ2v) is 11.0. The van der Waals surface area contributed by atoms with E-state index in [2.05, 4.69) is 5.32 Å². The molecule has 0 saturated carbocycles. The Morgan fingerprint density at radius 3 is 2.38 bits per heavy atom. The predicted octanol–water partition coefficient (Wildman–Crippen LogP) is 4.32. The van der Waals surface area contributed by atoms with Gasteiger partial charge in [0.25, 0.3) is 0 Å². The minimum Gasteiger partial charge on any atom is -0.357 e. The molecule has 186 valence electrons. The highest BCUT2D eigenvalue weighted by atomic mass is 35.5. The number of nitrogens with zero attached hydrogens (tertiary/aromatic N) is 2. The van der Waals surface area contributed by atoms with Crippen molar-refractivity contribution in [3.05, 3.63) is 63.1 Å². The molecule has 0 bridgehead atoms. The van der Waals surface area contributed by atoms with Crippen LogP contribution in [0, 0.1) is 13.8 Å². The number of nitrogens with one attached hydrogen (secondary N) is 1. The molecule has 7 nitrogen and oxygen atoms in total. The lowest BCUT2D eigenvalue weighted by Gasteiger charge is -2.29. The van der Waals surface area contributed by atoms with Gasteiger partial charge in [-0.1, -0.05) is 41.4 Å². The van der Waals surface area contributed by atoms with Crippen LogP contribution >= 0.6 is 23.2 Å². The lowest BCUT2D eigenvalue weighted by molar-refractivity contribution is -0.140. The normalized spacial score (nSPS) is 12.2. The zero-order chi connectivity index (χ0) is 25.6. The standard InChI is InChI=1S/C24H31Cl2N3O4S/c1-16-8-6-9-22(17(16)2)29(34(5,32)33)13-7-10-23(30)28(18(3)24(31)27-4)15-19-11-12-20(25)14-21(19)26/h6,8-9,11-12,14,18H,7,10,13,15H2,1-5H3,(H,27,31). The Bertz CT molecular complexity index is 1150. The van der Waals surface area contributed by atoms with Crippen molar-refractivity contribution < 1.29 is 18.0 Å². The zero-order valence-electron chi connectivity index (χ0n) is 20.1. The van der Waals surface area contributed by atoms with Gasteiger partial charge in [-0.15, -0.1) is 0 Å². The number of carbonyl (C=O) groups excluding carboxylic acids is 2. The summed E-state index contributed by atoms with van der Waals surface area (Å²) in [5.41, 5.74) is 3.10. The summed E-state index contributed by atoms with van der Waals surface area (Å²) in [7, 11) is -2.05. The molecule has 0 aliphatic heterocycles. The summed E-state index contributed by atoms with van der Waals surface area (Å²) in [6.07, 6.45) is 1.49. The summed E-state index contributed by atoms with van der Waals surface area (Å²) in [6.45, 7) is 5.69. The maximum atomic E-state index is 13.2. The Kier molecular flexibility index (Phi) is 9.79. The highest BCUT2D eigenvalue weighted by molar-refractivity contribution is 7.92. The van der Waals surface area contributed by atoms with Crippen LogP contribution in [0.15, 0.2) is 36.4 Å². The van der Waals surface area contributed by atoms with Crippen molar-refractivity contribution in [1.29, 1.82) is 0 Å². The molecular formula is C24H31Cl2N3O4S. The molecule has 34 heavy (non-hydrogen) atoms. The van der Waals surface area contributed by atoms with Gasteiger partial charge in [0.1, 0.15) is 6.04 Å². The Balaban J connectivity index is 2.21. The molecule has 2 aromatic rings. The van der Waals surface area contributed by atoms with Crippen molar-refractivity contribution in [2.75, 3.05) is 24.2 Å². The van der Waals surface area contributed by atoms with Gasteiger partial charge < -0.3 is 10.2 Å². The van der Waals surface area contributed by atoms with E-state index in [1.807, 2.05) is 26.0 Å². The van der Waals surface area contributed by atoms with Gasteiger partial charge in [0.15, 0.2) is 0 Å². The molecule has 0 aliphatic rings. The van der Waals surface area contributed by atoms with Gasteiger partial charge >= 0.3 is 0 Å². The molecule has 0 radical (unpaired) electrons.